The number of hydrogen-bond donors (Lipinski definition) is 3. The molecule has 2 rings (SSSR count). The van der Waals surface area contributed by atoms with Crippen molar-refractivity contribution in [1.82, 2.24) is 5.32 Å². The van der Waals surface area contributed by atoms with Gasteiger partial charge in [-0.15, -0.1) is 0 Å². The Morgan fingerprint density at radius 3 is 2.15 bits per heavy atom. The van der Waals surface area contributed by atoms with Crippen molar-refractivity contribution in [1.29, 1.82) is 0 Å². The number of halogens is 4. The summed E-state index contributed by atoms with van der Waals surface area (Å²) in [5.41, 5.74) is -4.04. The highest BCUT2D eigenvalue weighted by molar-refractivity contribution is 7.92. The third-order valence-corrected chi connectivity index (χ3v) is 7.83. The number of rotatable bonds is 7. The average Bonchev–Trinajstić information content (AvgIpc) is 2.74. The Bertz CT molecular complexity index is 1160. The molecule has 0 saturated heterocycles. The molecule has 0 saturated carbocycles. The highest BCUT2D eigenvalue weighted by Gasteiger charge is 2.55. The van der Waals surface area contributed by atoms with Gasteiger partial charge in [0.2, 0.25) is 15.4 Å². The number of carbonyl (C=O) groups is 2. The lowest BCUT2D eigenvalue weighted by atomic mass is 10.1. The highest BCUT2D eigenvalue weighted by Crippen LogP contribution is 2.33. The summed E-state index contributed by atoms with van der Waals surface area (Å²) in [5, 5.41) is 13.2. The average molecular weight is 527 g/mol. The molecule has 0 heterocycles. The molecule has 0 aromatic heterocycles. The van der Waals surface area contributed by atoms with Gasteiger partial charge in [0.25, 0.3) is 11.8 Å². The second kappa shape index (κ2) is 9.89. The van der Waals surface area contributed by atoms with Crippen LogP contribution in [0.2, 0.25) is 5.02 Å². The standard InChI is InChI=1S/C19H18ClF3N2O6S2/c1-18(28,19(21,22)23)17(27)25-15-8-7-13(9-14(15)20)33(30,31)12-5-3-11(4-6-12)32(29)10-16(26)24-2/h3-9,28H,10H2,1-2H3,(H,24,26)(H,25,27). The van der Waals surface area contributed by atoms with Crippen LogP contribution in [0.25, 0.3) is 0 Å². The molecule has 0 fully saturated rings. The molecule has 0 aliphatic rings. The van der Waals surface area contributed by atoms with Crippen LogP contribution in [0.15, 0.2) is 57.2 Å². The number of nitrogens with one attached hydrogen (secondary N) is 2. The molecule has 0 aliphatic carbocycles. The molecule has 33 heavy (non-hydrogen) atoms. The molecule has 2 aromatic rings. The van der Waals surface area contributed by atoms with E-state index in [1.54, 1.807) is 0 Å². The molecule has 8 nitrogen and oxygen atoms in total. The van der Waals surface area contributed by atoms with Gasteiger partial charge in [-0.3, -0.25) is 9.59 Å². The number of anilines is 1. The first-order valence-corrected chi connectivity index (χ1v) is 12.1. The topological polar surface area (TPSA) is 136 Å². The summed E-state index contributed by atoms with van der Waals surface area (Å²) in [7, 11) is -2.75. The fourth-order valence-corrected chi connectivity index (χ4v) is 4.89. The zero-order valence-electron chi connectivity index (χ0n) is 17.1. The van der Waals surface area contributed by atoms with E-state index in [0.717, 1.165) is 18.2 Å². The first-order valence-electron chi connectivity index (χ1n) is 8.95. The maximum Gasteiger partial charge on any atom is 0.426 e. The molecule has 2 atom stereocenters. The summed E-state index contributed by atoms with van der Waals surface area (Å²) in [6.45, 7) is 0.264. The highest BCUT2D eigenvalue weighted by atomic mass is 35.5. The van der Waals surface area contributed by atoms with Crippen molar-refractivity contribution >= 4 is 50.1 Å². The lowest BCUT2D eigenvalue weighted by molar-refractivity contribution is -0.242. The van der Waals surface area contributed by atoms with Gasteiger partial charge in [-0.2, -0.15) is 13.2 Å². The summed E-state index contributed by atoms with van der Waals surface area (Å²) < 4.78 is 76.2. The Morgan fingerprint density at radius 2 is 1.67 bits per heavy atom. The fraction of sp³-hybridized carbons (Fsp3) is 0.263. The Labute approximate surface area is 195 Å². The third-order valence-electron chi connectivity index (χ3n) is 4.43. The van der Waals surface area contributed by atoms with Crippen LogP contribution >= 0.6 is 11.6 Å². The summed E-state index contributed by atoms with van der Waals surface area (Å²) in [5.74, 6) is -2.55. The van der Waals surface area contributed by atoms with E-state index in [4.69, 9.17) is 11.6 Å². The van der Waals surface area contributed by atoms with Gasteiger partial charge in [0.05, 0.1) is 20.5 Å². The maximum atomic E-state index is 12.8. The first-order chi connectivity index (χ1) is 15.1. The zero-order chi connectivity index (χ0) is 25.2. The Balaban J connectivity index is 2.26. The van der Waals surface area contributed by atoms with Crippen molar-refractivity contribution in [2.24, 2.45) is 0 Å². The van der Waals surface area contributed by atoms with Crippen molar-refractivity contribution in [2.45, 2.75) is 33.4 Å². The summed E-state index contributed by atoms with van der Waals surface area (Å²) in [6.07, 6.45) is -5.25. The third kappa shape index (κ3) is 5.98. The van der Waals surface area contributed by atoms with Crippen molar-refractivity contribution in [3.8, 4) is 0 Å². The number of sulfone groups is 1. The molecule has 2 unspecified atom stereocenters. The van der Waals surface area contributed by atoms with Gasteiger partial charge in [0.1, 0.15) is 0 Å². The van der Waals surface area contributed by atoms with E-state index < -0.39 is 44.6 Å². The van der Waals surface area contributed by atoms with Gasteiger partial charge >= 0.3 is 6.18 Å². The van der Waals surface area contributed by atoms with Gasteiger partial charge < -0.3 is 20.3 Å². The second-order valence-corrected chi connectivity index (χ2v) is 10.6. The molecule has 180 valence electrons. The largest absolute Gasteiger partial charge is 0.611 e. The quantitative estimate of drug-likeness (QED) is 0.474. The Kier molecular flexibility index (Phi) is 8.07. The number of carbonyl (C=O) groups excluding carboxylic acids is 2. The minimum Gasteiger partial charge on any atom is -0.611 e. The molecule has 2 amide bonds. The molecule has 3 N–H and O–H groups in total. The van der Waals surface area contributed by atoms with E-state index in [0.29, 0.717) is 0 Å². The molecule has 0 bridgehead atoms. The Morgan fingerprint density at radius 1 is 1.12 bits per heavy atom. The van der Waals surface area contributed by atoms with E-state index in [2.05, 4.69) is 5.32 Å². The van der Waals surface area contributed by atoms with Crippen LogP contribution in [0.3, 0.4) is 0 Å². The van der Waals surface area contributed by atoms with E-state index in [1.165, 1.54) is 31.3 Å². The number of benzene rings is 2. The minimum absolute atomic E-state index is 0.198. The second-order valence-electron chi connectivity index (χ2n) is 6.80. The number of alkyl halides is 3. The minimum atomic E-state index is -5.25. The fourth-order valence-electron chi connectivity index (χ4n) is 2.32. The van der Waals surface area contributed by atoms with Crippen LogP contribution in [0.1, 0.15) is 6.92 Å². The van der Waals surface area contributed by atoms with E-state index in [-0.39, 0.29) is 38.1 Å². The van der Waals surface area contributed by atoms with Crippen molar-refractivity contribution < 1.29 is 40.8 Å². The smallest absolute Gasteiger partial charge is 0.426 e. The first kappa shape index (κ1) is 26.9. The van der Waals surface area contributed by atoms with Crippen molar-refractivity contribution in [3.05, 3.63) is 47.5 Å². The predicted octanol–water partition coefficient (Wildman–Crippen LogP) is 2.28. The van der Waals surface area contributed by atoms with Crippen LogP contribution in [-0.2, 0) is 30.6 Å². The van der Waals surface area contributed by atoms with Crippen LogP contribution in [0, 0.1) is 0 Å². The number of hydrogen-bond acceptors (Lipinski definition) is 6. The number of amides is 2. The SMILES string of the molecule is CNC(=O)C[S+]([O-])c1ccc(S(=O)(=O)c2ccc(NC(=O)C(C)(O)C(F)(F)F)c(Cl)c2)cc1. The molecule has 0 spiro atoms. The molecule has 0 aliphatic heterocycles. The summed E-state index contributed by atoms with van der Waals surface area (Å²) in [4.78, 5) is 22.8. The van der Waals surface area contributed by atoms with E-state index in [9.17, 15) is 40.8 Å². The normalized spacial score (nSPS) is 14.8. The molecule has 0 radical (unpaired) electrons. The van der Waals surface area contributed by atoms with Gasteiger partial charge in [-0.25, -0.2) is 8.42 Å². The van der Waals surface area contributed by atoms with Crippen LogP contribution in [-0.4, -0.2) is 54.5 Å². The maximum absolute atomic E-state index is 12.8. The monoisotopic (exact) mass is 526 g/mol. The van der Waals surface area contributed by atoms with Crippen LogP contribution < -0.4 is 10.6 Å². The molecular formula is C19H18ClF3N2O6S2. The van der Waals surface area contributed by atoms with Crippen LogP contribution in [0.5, 0.6) is 0 Å². The molecule has 14 heteroatoms. The summed E-state index contributed by atoms with van der Waals surface area (Å²) in [6, 6.07) is 7.82. The van der Waals surface area contributed by atoms with Crippen molar-refractivity contribution in [2.75, 3.05) is 18.1 Å². The number of aliphatic hydroxyl groups is 1. The van der Waals surface area contributed by atoms with Gasteiger partial charge in [0.15, 0.2) is 10.6 Å². The van der Waals surface area contributed by atoms with Gasteiger partial charge in [-0.05, 0) is 60.6 Å². The predicted molar refractivity (Wildman–Crippen MR) is 114 cm³/mol. The van der Waals surface area contributed by atoms with E-state index in [1.807, 2.05) is 5.32 Å². The van der Waals surface area contributed by atoms with E-state index >= 15 is 0 Å². The van der Waals surface area contributed by atoms with Crippen LogP contribution in [0.4, 0.5) is 18.9 Å². The lowest BCUT2D eigenvalue weighted by Crippen LogP contribution is -2.52. The zero-order valence-corrected chi connectivity index (χ0v) is 19.5. The lowest BCUT2D eigenvalue weighted by Gasteiger charge is -2.25. The molecule has 2 aromatic carbocycles. The van der Waals surface area contributed by atoms with Gasteiger partial charge in [0, 0.05) is 7.05 Å². The molecular weight excluding hydrogens is 509 g/mol. The van der Waals surface area contributed by atoms with Crippen molar-refractivity contribution in [3.63, 3.8) is 0 Å². The summed E-state index contributed by atoms with van der Waals surface area (Å²) >= 11 is 4.25. The van der Waals surface area contributed by atoms with Gasteiger partial charge in [-0.1, -0.05) is 11.6 Å². The Hall–Kier alpha value is -2.32.